The van der Waals surface area contributed by atoms with E-state index < -0.39 is 12.0 Å². The second kappa shape index (κ2) is 13.4. The minimum absolute atomic E-state index is 0.0884. The van der Waals surface area contributed by atoms with Gasteiger partial charge in [-0.2, -0.15) is 0 Å². The van der Waals surface area contributed by atoms with Crippen LogP contribution < -0.4 is 19.6 Å². The Morgan fingerprint density at radius 2 is 1.85 bits per heavy atom. The van der Waals surface area contributed by atoms with Crippen LogP contribution >= 0.6 is 34.5 Å². The largest absolute Gasteiger partial charge is 0.494 e. The molecule has 0 spiro atoms. The van der Waals surface area contributed by atoms with Gasteiger partial charge in [-0.1, -0.05) is 72.5 Å². The van der Waals surface area contributed by atoms with Crippen molar-refractivity contribution in [2.45, 2.75) is 39.2 Å². The first-order valence-corrected chi connectivity index (χ1v) is 14.3. The van der Waals surface area contributed by atoms with Crippen LogP contribution in [0, 0.1) is 0 Å². The Morgan fingerprint density at radius 3 is 2.54 bits per heavy atom. The second-order valence-corrected chi connectivity index (χ2v) is 10.8. The molecule has 0 saturated heterocycles. The minimum Gasteiger partial charge on any atom is -0.494 e. The van der Waals surface area contributed by atoms with E-state index in [1.54, 1.807) is 35.8 Å². The number of allylic oxidation sites excluding steroid dienone is 1. The number of rotatable bonds is 11. The van der Waals surface area contributed by atoms with Gasteiger partial charge in [0.05, 0.1) is 45.1 Å². The Labute approximate surface area is 241 Å². The van der Waals surface area contributed by atoms with Gasteiger partial charge < -0.3 is 14.2 Å². The van der Waals surface area contributed by atoms with Gasteiger partial charge in [-0.3, -0.25) is 9.36 Å². The molecule has 1 aliphatic rings. The lowest BCUT2D eigenvalue weighted by atomic mass is 9.96. The lowest BCUT2D eigenvalue weighted by Gasteiger charge is -2.25. The zero-order valence-electron chi connectivity index (χ0n) is 22.0. The molecule has 3 aromatic rings. The zero-order chi connectivity index (χ0) is 27.9. The van der Waals surface area contributed by atoms with Gasteiger partial charge in [0.15, 0.2) is 4.80 Å². The SMILES string of the molecule is CCCCCOc1ccc(C2C(C(=O)OCCOC)=C(C)N=c3sc(=Cc4ccc(Cl)c(Cl)c4)c(=O)n32)cc1. The van der Waals surface area contributed by atoms with Crippen molar-refractivity contribution >= 4 is 46.6 Å². The van der Waals surface area contributed by atoms with E-state index in [2.05, 4.69) is 11.9 Å². The van der Waals surface area contributed by atoms with Crippen molar-refractivity contribution in [3.63, 3.8) is 0 Å². The third-order valence-electron chi connectivity index (χ3n) is 6.22. The topological polar surface area (TPSA) is 79.1 Å². The lowest BCUT2D eigenvalue weighted by molar-refractivity contribution is -0.140. The van der Waals surface area contributed by atoms with Crippen molar-refractivity contribution in [2.75, 3.05) is 26.9 Å². The van der Waals surface area contributed by atoms with E-state index in [4.69, 9.17) is 37.4 Å². The molecule has 0 N–H and O–H groups in total. The molecule has 0 fully saturated rings. The van der Waals surface area contributed by atoms with E-state index in [-0.39, 0.29) is 18.8 Å². The Morgan fingerprint density at radius 1 is 1.08 bits per heavy atom. The first kappa shape index (κ1) is 29.1. The van der Waals surface area contributed by atoms with E-state index in [0.29, 0.717) is 37.3 Å². The van der Waals surface area contributed by atoms with Gasteiger partial charge in [-0.05, 0) is 54.8 Å². The van der Waals surface area contributed by atoms with Crippen molar-refractivity contribution < 1.29 is 19.0 Å². The number of carbonyl (C=O) groups excluding carboxylic acids is 1. The van der Waals surface area contributed by atoms with E-state index in [9.17, 15) is 9.59 Å². The molecular weight excluding hydrogens is 559 g/mol. The predicted octanol–water partition coefficient (Wildman–Crippen LogP) is 5.30. The van der Waals surface area contributed by atoms with Crippen LogP contribution in [0.2, 0.25) is 10.0 Å². The van der Waals surface area contributed by atoms with Gasteiger partial charge in [0.2, 0.25) is 0 Å². The number of carbonyl (C=O) groups is 1. The van der Waals surface area contributed by atoms with Crippen LogP contribution in [-0.2, 0) is 14.3 Å². The highest BCUT2D eigenvalue weighted by atomic mass is 35.5. The fraction of sp³-hybridized carbons (Fsp3) is 0.345. The van der Waals surface area contributed by atoms with E-state index in [1.165, 1.54) is 18.4 Å². The average molecular weight is 590 g/mol. The fourth-order valence-electron chi connectivity index (χ4n) is 4.24. The van der Waals surface area contributed by atoms with Crippen molar-refractivity contribution in [1.29, 1.82) is 0 Å². The minimum atomic E-state index is -0.721. The molecule has 2 aromatic carbocycles. The summed E-state index contributed by atoms with van der Waals surface area (Å²) < 4.78 is 18.4. The molecule has 0 radical (unpaired) electrons. The van der Waals surface area contributed by atoms with Gasteiger partial charge in [-0.15, -0.1) is 0 Å². The van der Waals surface area contributed by atoms with E-state index in [1.807, 2.05) is 24.3 Å². The number of thiazole rings is 1. The predicted molar refractivity (Wildman–Crippen MR) is 155 cm³/mol. The first-order valence-electron chi connectivity index (χ1n) is 12.7. The standard InChI is InChI=1S/C29H30Cl2N2O5S/c1-4-5-6-13-37-21-10-8-20(9-11-21)26-25(28(35)38-15-14-36-3)18(2)32-29-33(26)27(34)24(39-29)17-19-7-12-22(30)23(31)16-19/h7-12,16-17,26H,4-6,13-15H2,1-3H3. The molecule has 0 aliphatic carbocycles. The molecule has 0 bridgehead atoms. The number of ether oxygens (including phenoxy) is 3. The third kappa shape index (κ3) is 6.81. The smallest absolute Gasteiger partial charge is 0.338 e. The summed E-state index contributed by atoms with van der Waals surface area (Å²) in [7, 11) is 1.53. The Bertz CT molecular complexity index is 1540. The van der Waals surface area contributed by atoms with Gasteiger partial charge in [0, 0.05) is 7.11 Å². The molecule has 39 heavy (non-hydrogen) atoms. The molecule has 10 heteroatoms. The number of benzene rings is 2. The van der Waals surface area contributed by atoms with Gasteiger partial charge in [0.25, 0.3) is 5.56 Å². The van der Waals surface area contributed by atoms with Crippen LogP contribution in [0.5, 0.6) is 5.75 Å². The summed E-state index contributed by atoms with van der Waals surface area (Å²) in [6, 6.07) is 11.9. The molecule has 1 atom stereocenters. The molecule has 0 saturated carbocycles. The number of halogens is 2. The first-order chi connectivity index (χ1) is 18.8. The summed E-state index contributed by atoms with van der Waals surface area (Å²) in [5.74, 6) is 0.184. The van der Waals surface area contributed by atoms with Crippen LogP contribution in [-0.4, -0.2) is 37.5 Å². The van der Waals surface area contributed by atoms with Crippen LogP contribution in [0.25, 0.3) is 6.08 Å². The summed E-state index contributed by atoms with van der Waals surface area (Å²) in [6.07, 6.45) is 4.94. The number of unbranched alkanes of at least 4 members (excludes halogenated alkanes) is 2. The number of hydrogen-bond donors (Lipinski definition) is 0. The molecule has 1 unspecified atom stereocenters. The van der Waals surface area contributed by atoms with Crippen molar-refractivity contribution in [3.8, 4) is 5.75 Å². The molecular formula is C29H30Cl2N2O5S. The normalized spacial score (nSPS) is 15.2. The monoisotopic (exact) mass is 588 g/mol. The molecule has 4 rings (SSSR count). The second-order valence-electron chi connectivity index (χ2n) is 9.01. The lowest BCUT2D eigenvalue weighted by Crippen LogP contribution is -2.40. The highest BCUT2D eigenvalue weighted by Crippen LogP contribution is 2.32. The molecule has 206 valence electrons. The summed E-state index contributed by atoms with van der Waals surface area (Å²) in [4.78, 5) is 32.1. The highest BCUT2D eigenvalue weighted by molar-refractivity contribution is 7.07. The number of esters is 1. The van der Waals surface area contributed by atoms with Crippen molar-refractivity contribution in [2.24, 2.45) is 4.99 Å². The van der Waals surface area contributed by atoms with Crippen LogP contribution in [0.15, 0.2) is 63.5 Å². The summed E-state index contributed by atoms with van der Waals surface area (Å²) in [5.41, 5.74) is 1.99. The third-order valence-corrected chi connectivity index (χ3v) is 7.94. The quantitative estimate of drug-likeness (QED) is 0.224. The number of hydrogen-bond acceptors (Lipinski definition) is 7. The van der Waals surface area contributed by atoms with Crippen LogP contribution in [0.1, 0.15) is 50.3 Å². The molecule has 2 heterocycles. The van der Waals surface area contributed by atoms with Crippen molar-refractivity contribution in [1.82, 2.24) is 4.57 Å². The average Bonchev–Trinajstić information content (AvgIpc) is 3.22. The Balaban J connectivity index is 1.78. The van der Waals surface area contributed by atoms with Gasteiger partial charge >= 0.3 is 5.97 Å². The summed E-state index contributed by atoms with van der Waals surface area (Å²) >= 11 is 13.5. The molecule has 1 aliphatic heterocycles. The summed E-state index contributed by atoms with van der Waals surface area (Å²) in [6.45, 7) is 4.88. The number of methoxy groups -OCH3 is 1. The number of fused-ring (bicyclic) bond motifs is 1. The van der Waals surface area contributed by atoms with Crippen LogP contribution in [0.4, 0.5) is 0 Å². The summed E-state index contributed by atoms with van der Waals surface area (Å²) in [5, 5.41) is 0.824. The maximum atomic E-state index is 13.8. The Kier molecular flexibility index (Phi) is 10.0. The maximum absolute atomic E-state index is 13.8. The van der Waals surface area contributed by atoms with Crippen molar-refractivity contribution in [3.05, 3.63) is 94.6 Å². The maximum Gasteiger partial charge on any atom is 0.338 e. The molecule has 0 amide bonds. The van der Waals surface area contributed by atoms with Crippen LogP contribution in [0.3, 0.4) is 0 Å². The number of nitrogens with zero attached hydrogens (tertiary/aromatic N) is 2. The molecule has 1 aromatic heterocycles. The van der Waals surface area contributed by atoms with Gasteiger partial charge in [-0.25, -0.2) is 9.79 Å². The van der Waals surface area contributed by atoms with Gasteiger partial charge in [0.1, 0.15) is 12.4 Å². The van der Waals surface area contributed by atoms with E-state index in [0.717, 1.165) is 36.1 Å². The Hall–Kier alpha value is -2.91. The number of aromatic nitrogens is 1. The fourth-order valence-corrected chi connectivity index (χ4v) is 5.59. The zero-order valence-corrected chi connectivity index (χ0v) is 24.4. The molecule has 7 nitrogen and oxygen atoms in total. The highest BCUT2D eigenvalue weighted by Gasteiger charge is 2.33. The van der Waals surface area contributed by atoms with E-state index >= 15 is 0 Å².